The van der Waals surface area contributed by atoms with Crippen molar-refractivity contribution < 1.29 is 22.4 Å². The summed E-state index contributed by atoms with van der Waals surface area (Å²) < 4.78 is 53.0. The monoisotopic (exact) mass is 410 g/mol. The molecular weight excluding hydrogens is 392 g/mol. The Bertz CT molecular complexity index is 959. The first-order valence-corrected chi connectivity index (χ1v) is 8.93. The van der Waals surface area contributed by atoms with Crippen molar-refractivity contribution >= 4 is 28.8 Å². The molecule has 3 rings (SSSR count). The molecule has 1 aliphatic heterocycles. The summed E-state index contributed by atoms with van der Waals surface area (Å²) in [6, 6.07) is 9.10. The highest BCUT2D eigenvalue weighted by atomic mass is 32.1. The fraction of sp³-hybridized carbons (Fsp3) is 0.300. The highest BCUT2D eigenvalue weighted by molar-refractivity contribution is 7.80. The minimum Gasteiger partial charge on any atom is -0.369 e. The van der Waals surface area contributed by atoms with Gasteiger partial charge < -0.3 is 10.6 Å². The second kappa shape index (κ2) is 6.84. The van der Waals surface area contributed by atoms with Crippen LogP contribution in [-0.4, -0.2) is 17.9 Å². The van der Waals surface area contributed by atoms with Crippen LogP contribution in [-0.2, 0) is 17.4 Å². The van der Waals surface area contributed by atoms with Crippen molar-refractivity contribution in [3.8, 4) is 0 Å². The van der Waals surface area contributed by atoms with E-state index in [1.54, 1.807) is 13.0 Å². The van der Waals surface area contributed by atoms with Gasteiger partial charge in [0.25, 0.3) is 0 Å². The van der Waals surface area contributed by atoms with Crippen molar-refractivity contribution in [3.05, 3.63) is 65.0 Å². The fourth-order valence-electron chi connectivity index (χ4n) is 3.84. The van der Waals surface area contributed by atoms with Gasteiger partial charge in [-0.05, 0) is 41.8 Å². The van der Waals surface area contributed by atoms with Gasteiger partial charge in [-0.25, -0.2) is 4.39 Å². The summed E-state index contributed by atoms with van der Waals surface area (Å²) in [7, 11) is 1.51. The lowest BCUT2D eigenvalue weighted by atomic mass is 9.65. The molecule has 8 heteroatoms. The molecule has 2 atom stereocenters. The van der Waals surface area contributed by atoms with Crippen LogP contribution in [0.4, 0.5) is 23.2 Å². The number of alkyl halides is 3. The van der Waals surface area contributed by atoms with Crippen LogP contribution < -0.4 is 10.6 Å². The number of primary amides is 1. The standard InChI is InChI=1S/C20H18F4N2OS/c1-11-15-7-6-13(20(22,23)24)9-16(15)26(2)18(28)19(11,17(25)27)10-12-4-3-5-14(21)8-12/h3-9,11H,10H2,1-2H3,(H2,25,27). The number of hydrogen-bond acceptors (Lipinski definition) is 2. The number of anilines is 1. The largest absolute Gasteiger partial charge is 0.416 e. The Morgan fingerprint density at radius 2 is 1.93 bits per heavy atom. The summed E-state index contributed by atoms with van der Waals surface area (Å²) in [6.07, 6.45) is -4.45. The first-order valence-electron chi connectivity index (χ1n) is 8.52. The van der Waals surface area contributed by atoms with Gasteiger partial charge in [0.1, 0.15) is 11.2 Å². The average Bonchev–Trinajstić information content (AvgIpc) is 2.62. The number of fused-ring (bicyclic) bond motifs is 1. The van der Waals surface area contributed by atoms with Crippen LogP contribution >= 0.6 is 12.2 Å². The first-order chi connectivity index (χ1) is 13.0. The van der Waals surface area contributed by atoms with Gasteiger partial charge in [0, 0.05) is 18.7 Å². The first kappa shape index (κ1) is 20.3. The predicted molar refractivity (Wildman–Crippen MR) is 103 cm³/mol. The third-order valence-electron chi connectivity index (χ3n) is 5.42. The average molecular weight is 410 g/mol. The summed E-state index contributed by atoms with van der Waals surface area (Å²) in [5, 5.41) is 0. The van der Waals surface area contributed by atoms with E-state index < -0.39 is 34.8 Å². The number of nitrogens with zero attached hydrogens (tertiary/aromatic N) is 1. The maximum absolute atomic E-state index is 13.6. The van der Waals surface area contributed by atoms with E-state index in [1.807, 2.05) is 0 Å². The number of amides is 1. The number of thiocarbonyl (C=S) groups is 1. The topological polar surface area (TPSA) is 46.3 Å². The van der Waals surface area contributed by atoms with Crippen LogP contribution in [0.25, 0.3) is 0 Å². The van der Waals surface area contributed by atoms with Gasteiger partial charge in [0.2, 0.25) is 5.91 Å². The summed E-state index contributed by atoms with van der Waals surface area (Å²) in [6.45, 7) is 1.70. The molecule has 148 valence electrons. The second-order valence-corrected chi connectivity index (χ2v) is 7.39. The zero-order valence-corrected chi connectivity index (χ0v) is 16.0. The minimum atomic E-state index is -4.50. The minimum absolute atomic E-state index is 0.0465. The van der Waals surface area contributed by atoms with Crippen molar-refractivity contribution in [2.24, 2.45) is 11.1 Å². The number of rotatable bonds is 3. The molecule has 0 aliphatic carbocycles. The van der Waals surface area contributed by atoms with Gasteiger partial charge in [0.15, 0.2) is 0 Å². The van der Waals surface area contributed by atoms with E-state index >= 15 is 0 Å². The maximum atomic E-state index is 13.6. The van der Waals surface area contributed by atoms with E-state index in [9.17, 15) is 22.4 Å². The van der Waals surface area contributed by atoms with Crippen LogP contribution in [0.2, 0.25) is 0 Å². The molecule has 2 aromatic carbocycles. The Balaban J connectivity index is 2.16. The van der Waals surface area contributed by atoms with Crippen LogP contribution in [0.3, 0.4) is 0 Å². The molecule has 0 radical (unpaired) electrons. The van der Waals surface area contributed by atoms with E-state index in [2.05, 4.69) is 0 Å². The molecule has 1 aliphatic rings. The lowest BCUT2D eigenvalue weighted by molar-refractivity contribution is -0.137. The smallest absolute Gasteiger partial charge is 0.369 e. The number of halogens is 4. The van der Waals surface area contributed by atoms with E-state index in [1.165, 1.54) is 36.2 Å². The molecule has 0 fully saturated rings. The van der Waals surface area contributed by atoms with Gasteiger partial charge in [-0.1, -0.05) is 37.3 Å². The third kappa shape index (κ3) is 3.15. The van der Waals surface area contributed by atoms with Crippen molar-refractivity contribution in [1.82, 2.24) is 0 Å². The van der Waals surface area contributed by atoms with Crippen molar-refractivity contribution in [2.45, 2.75) is 25.4 Å². The Morgan fingerprint density at radius 3 is 2.50 bits per heavy atom. The molecule has 0 aromatic heterocycles. The van der Waals surface area contributed by atoms with E-state index in [0.29, 0.717) is 11.1 Å². The number of carbonyl (C=O) groups excluding carboxylic acids is 1. The Morgan fingerprint density at radius 1 is 1.25 bits per heavy atom. The van der Waals surface area contributed by atoms with Crippen molar-refractivity contribution in [1.29, 1.82) is 0 Å². The van der Waals surface area contributed by atoms with Crippen molar-refractivity contribution in [2.75, 3.05) is 11.9 Å². The zero-order chi connectivity index (χ0) is 20.9. The van der Waals surface area contributed by atoms with Crippen LogP contribution in [0.1, 0.15) is 29.5 Å². The quantitative estimate of drug-likeness (QED) is 0.601. The molecule has 0 spiro atoms. The number of benzene rings is 2. The molecular formula is C20H18F4N2OS. The van der Waals surface area contributed by atoms with Crippen LogP contribution in [0.15, 0.2) is 42.5 Å². The molecule has 2 aromatic rings. The molecule has 3 nitrogen and oxygen atoms in total. The molecule has 1 heterocycles. The van der Waals surface area contributed by atoms with Crippen LogP contribution in [0, 0.1) is 11.2 Å². The molecule has 0 bridgehead atoms. The summed E-state index contributed by atoms with van der Waals surface area (Å²) in [5.41, 5.74) is 4.92. The van der Waals surface area contributed by atoms with Gasteiger partial charge in [-0.15, -0.1) is 0 Å². The number of hydrogen-bond donors (Lipinski definition) is 1. The lowest BCUT2D eigenvalue weighted by Crippen LogP contribution is -2.56. The molecule has 0 saturated heterocycles. The molecule has 2 unspecified atom stereocenters. The van der Waals surface area contributed by atoms with Gasteiger partial charge in [-0.2, -0.15) is 13.2 Å². The van der Waals surface area contributed by atoms with Crippen molar-refractivity contribution in [3.63, 3.8) is 0 Å². The molecule has 28 heavy (non-hydrogen) atoms. The fourth-order valence-corrected chi connectivity index (χ4v) is 4.29. The Labute approximate surface area is 165 Å². The highest BCUT2D eigenvalue weighted by Crippen LogP contribution is 2.50. The Kier molecular flexibility index (Phi) is 4.95. The van der Waals surface area contributed by atoms with Gasteiger partial charge in [0.05, 0.1) is 10.6 Å². The van der Waals surface area contributed by atoms with E-state index in [0.717, 1.165) is 12.1 Å². The summed E-state index contributed by atoms with van der Waals surface area (Å²) in [4.78, 5) is 14.1. The van der Waals surface area contributed by atoms with Crippen LogP contribution in [0.5, 0.6) is 0 Å². The Hall–Kier alpha value is -2.48. The normalized spacial score (nSPS) is 22.1. The maximum Gasteiger partial charge on any atom is 0.416 e. The second-order valence-electron chi connectivity index (χ2n) is 7.00. The molecule has 1 amide bonds. The van der Waals surface area contributed by atoms with Gasteiger partial charge in [-0.3, -0.25) is 4.79 Å². The third-order valence-corrected chi connectivity index (χ3v) is 6.06. The zero-order valence-electron chi connectivity index (χ0n) is 15.2. The molecule has 0 saturated carbocycles. The predicted octanol–water partition coefficient (Wildman–Crippen LogP) is 4.44. The van der Waals surface area contributed by atoms with E-state index in [4.69, 9.17) is 18.0 Å². The molecule has 2 N–H and O–H groups in total. The van der Waals surface area contributed by atoms with Gasteiger partial charge >= 0.3 is 6.18 Å². The highest BCUT2D eigenvalue weighted by Gasteiger charge is 2.52. The SMILES string of the molecule is CC1c2ccc(C(F)(F)F)cc2N(C)C(=S)C1(Cc1cccc(F)c1)C(N)=O. The lowest BCUT2D eigenvalue weighted by Gasteiger charge is -2.46. The summed E-state index contributed by atoms with van der Waals surface area (Å²) >= 11 is 5.51. The summed E-state index contributed by atoms with van der Waals surface area (Å²) in [5.74, 6) is -1.75. The number of carbonyl (C=O) groups is 1. The number of nitrogens with two attached hydrogens (primary N) is 1. The van der Waals surface area contributed by atoms with E-state index in [-0.39, 0.29) is 17.1 Å².